The lowest BCUT2D eigenvalue weighted by molar-refractivity contribution is -0.123. The van der Waals surface area contributed by atoms with E-state index in [1.54, 1.807) is 0 Å². The van der Waals surface area contributed by atoms with E-state index in [1.165, 1.54) is 141 Å². The maximum Gasteiger partial charge on any atom is 0.472 e. The van der Waals surface area contributed by atoms with Gasteiger partial charge in [0.1, 0.15) is 0 Å². The first-order chi connectivity index (χ1) is 22.9. The van der Waals surface area contributed by atoms with E-state index in [0.717, 1.165) is 38.5 Å². The van der Waals surface area contributed by atoms with Gasteiger partial charge in [0.2, 0.25) is 5.91 Å². The van der Waals surface area contributed by atoms with Crippen molar-refractivity contribution >= 4 is 13.7 Å². The first-order valence-electron chi connectivity index (χ1n) is 20.2. The summed E-state index contributed by atoms with van der Waals surface area (Å²) in [7, 11) is -4.30. The lowest BCUT2D eigenvalue weighted by Gasteiger charge is -2.25. The summed E-state index contributed by atoms with van der Waals surface area (Å²) in [4.78, 5) is 22.6. The highest BCUT2D eigenvalue weighted by molar-refractivity contribution is 7.47. The van der Waals surface area contributed by atoms with Crippen molar-refractivity contribution in [2.45, 2.75) is 219 Å². The molecule has 9 heteroatoms. The number of rotatable bonds is 38. The number of nitrogens with two attached hydrogens (primary N) is 1. The Bertz CT molecular complexity index is 714. The molecule has 1 amide bonds. The van der Waals surface area contributed by atoms with Crippen molar-refractivity contribution in [1.29, 1.82) is 0 Å². The van der Waals surface area contributed by atoms with E-state index in [1.807, 2.05) is 0 Å². The molecule has 0 aliphatic heterocycles. The summed E-state index contributed by atoms with van der Waals surface area (Å²) in [6, 6.07) is -0.765. The summed E-state index contributed by atoms with van der Waals surface area (Å²) in [5.74, 6) is -0.160. The number of phosphoric ester groups is 1. The smallest absolute Gasteiger partial charge is 0.391 e. The molecular weight excluding hydrogens is 611 g/mol. The lowest BCUT2D eigenvalue weighted by atomic mass is 10.0. The fourth-order valence-corrected chi connectivity index (χ4v) is 6.90. The molecule has 0 fully saturated rings. The highest BCUT2D eigenvalue weighted by atomic mass is 31.2. The third-order valence-corrected chi connectivity index (χ3v) is 10.2. The quantitative estimate of drug-likeness (QED) is 0.0374. The fraction of sp³-hybridized carbons (Fsp3) is 0.974. The van der Waals surface area contributed by atoms with Gasteiger partial charge >= 0.3 is 7.82 Å². The van der Waals surface area contributed by atoms with Crippen LogP contribution in [-0.2, 0) is 18.4 Å². The second-order valence-corrected chi connectivity index (χ2v) is 15.3. The molecule has 0 aliphatic carbocycles. The van der Waals surface area contributed by atoms with Crippen molar-refractivity contribution < 1.29 is 28.4 Å². The van der Waals surface area contributed by atoms with Crippen LogP contribution >= 0.6 is 7.82 Å². The Morgan fingerprint density at radius 1 is 0.617 bits per heavy atom. The van der Waals surface area contributed by atoms with Crippen molar-refractivity contribution in [3.05, 3.63) is 0 Å². The molecule has 0 heterocycles. The van der Waals surface area contributed by atoms with Gasteiger partial charge in [-0.1, -0.05) is 187 Å². The standard InChI is InChI=1S/C38H79N2O6P/c1-3-5-7-9-11-13-14-15-16-17-18-19-20-21-22-24-26-28-30-32-38(42)40-36(35-46-47(43,44)45-34-33-39)37(41)31-29-27-25-23-12-10-8-6-4-2/h36-37,41H,3-35,39H2,1-2H3,(H,40,42)(H,43,44)/t36-,37+/m0/s1. The van der Waals surface area contributed by atoms with E-state index in [0.29, 0.717) is 12.8 Å². The van der Waals surface area contributed by atoms with Crippen LogP contribution in [-0.4, -0.2) is 47.8 Å². The maximum atomic E-state index is 12.7. The summed E-state index contributed by atoms with van der Waals surface area (Å²) in [6.07, 6.45) is 35.4. The average molecular weight is 691 g/mol. The topological polar surface area (TPSA) is 131 Å². The van der Waals surface area contributed by atoms with Crippen molar-refractivity contribution in [3.8, 4) is 0 Å². The number of unbranched alkanes of at least 4 members (excludes halogenated alkanes) is 26. The second-order valence-electron chi connectivity index (χ2n) is 13.9. The molecule has 0 aromatic rings. The van der Waals surface area contributed by atoms with E-state index in [2.05, 4.69) is 19.2 Å². The van der Waals surface area contributed by atoms with Gasteiger partial charge in [0.25, 0.3) is 0 Å². The molecule has 3 atom stereocenters. The zero-order valence-electron chi connectivity index (χ0n) is 31.0. The van der Waals surface area contributed by atoms with Gasteiger partial charge < -0.3 is 21.1 Å². The predicted octanol–water partition coefficient (Wildman–Crippen LogP) is 10.7. The van der Waals surface area contributed by atoms with Crippen molar-refractivity contribution in [3.63, 3.8) is 0 Å². The second kappa shape index (κ2) is 35.3. The number of aliphatic hydroxyl groups excluding tert-OH is 1. The summed E-state index contributed by atoms with van der Waals surface area (Å²) >= 11 is 0. The van der Waals surface area contributed by atoms with Gasteiger partial charge in [-0.2, -0.15) is 0 Å². The first-order valence-corrected chi connectivity index (χ1v) is 21.6. The number of carbonyl (C=O) groups excluding carboxylic acids is 1. The van der Waals surface area contributed by atoms with Crippen LogP contribution in [0.4, 0.5) is 0 Å². The summed E-state index contributed by atoms with van der Waals surface area (Å²) < 4.78 is 22.1. The van der Waals surface area contributed by atoms with Crippen LogP contribution in [0, 0.1) is 0 Å². The van der Waals surface area contributed by atoms with Crippen LogP contribution < -0.4 is 11.1 Å². The Morgan fingerprint density at radius 3 is 1.36 bits per heavy atom. The highest BCUT2D eigenvalue weighted by Gasteiger charge is 2.27. The van der Waals surface area contributed by atoms with Crippen LogP contribution in [0.5, 0.6) is 0 Å². The number of nitrogens with one attached hydrogen (secondary N) is 1. The predicted molar refractivity (Wildman–Crippen MR) is 199 cm³/mol. The molecule has 0 radical (unpaired) electrons. The third-order valence-electron chi connectivity index (χ3n) is 9.21. The van der Waals surface area contributed by atoms with Crippen LogP contribution in [0.2, 0.25) is 0 Å². The van der Waals surface area contributed by atoms with Crippen molar-refractivity contribution in [2.24, 2.45) is 5.73 Å². The van der Waals surface area contributed by atoms with Gasteiger partial charge in [-0.05, 0) is 12.8 Å². The minimum atomic E-state index is -4.30. The number of amides is 1. The molecule has 0 aromatic carbocycles. The van der Waals surface area contributed by atoms with E-state index >= 15 is 0 Å². The molecule has 0 aromatic heterocycles. The number of hydrogen-bond acceptors (Lipinski definition) is 6. The van der Waals surface area contributed by atoms with Crippen molar-refractivity contribution in [1.82, 2.24) is 5.32 Å². The lowest BCUT2D eigenvalue weighted by Crippen LogP contribution is -2.46. The Kier molecular flexibility index (Phi) is 35.0. The fourth-order valence-electron chi connectivity index (χ4n) is 6.14. The Balaban J connectivity index is 4.05. The molecule has 0 rings (SSSR count). The molecule has 0 saturated heterocycles. The molecular formula is C38H79N2O6P. The molecule has 47 heavy (non-hydrogen) atoms. The zero-order chi connectivity index (χ0) is 34.7. The Hall–Kier alpha value is -0.500. The third kappa shape index (κ3) is 33.8. The van der Waals surface area contributed by atoms with Crippen LogP contribution in [0.3, 0.4) is 0 Å². The number of phosphoric acid groups is 1. The first kappa shape index (κ1) is 46.5. The molecule has 5 N–H and O–H groups in total. The average Bonchev–Trinajstić information content (AvgIpc) is 3.05. The molecule has 0 saturated carbocycles. The zero-order valence-corrected chi connectivity index (χ0v) is 31.9. The maximum absolute atomic E-state index is 12.7. The van der Waals surface area contributed by atoms with E-state index < -0.39 is 20.0 Å². The van der Waals surface area contributed by atoms with Gasteiger partial charge in [0.15, 0.2) is 0 Å². The van der Waals surface area contributed by atoms with Gasteiger partial charge in [-0.25, -0.2) is 4.57 Å². The minimum Gasteiger partial charge on any atom is -0.391 e. The molecule has 8 nitrogen and oxygen atoms in total. The summed E-state index contributed by atoms with van der Waals surface area (Å²) in [6.45, 7) is 4.20. The monoisotopic (exact) mass is 691 g/mol. The molecule has 0 spiro atoms. The van der Waals surface area contributed by atoms with Gasteiger partial charge in [0.05, 0.1) is 25.4 Å². The normalized spacial score (nSPS) is 14.2. The minimum absolute atomic E-state index is 0.0920. The van der Waals surface area contributed by atoms with Crippen LogP contribution in [0.1, 0.15) is 206 Å². The summed E-state index contributed by atoms with van der Waals surface area (Å²) in [5, 5.41) is 13.7. The number of hydrogen-bond donors (Lipinski definition) is 4. The van der Waals surface area contributed by atoms with E-state index in [-0.39, 0.29) is 25.7 Å². The molecule has 0 bridgehead atoms. The largest absolute Gasteiger partial charge is 0.472 e. The Labute approximate surface area is 291 Å². The van der Waals surface area contributed by atoms with Crippen molar-refractivity contribution in [2.75, 3.05) is 19.8 Å². The number of aliphatic hydroxyl groups is 1. The van der Waals surface area contributed by atoms with E-state index in [9.17, 15) is 19.4 Å². The summed E-state index contributed by atoms with van der Waals surface area (Å²) in [5.41, 5.74) is 5.36. The highest BCUT2D eigenvalue weighted by Crippen LogP contribution is 2.43. The van der Waals surface area contributed by atoms with Gasteiger partial charge in [-0.3, -0.25) is 13.8 Å². The SMILES string of the molecule is CCCCCCCCCCCCCCCCCCCCCC(=O)N[C@@H](COP(=O)(O)OCCN)[C@H](O)CCCCCCCCCCC. The number of carbonyl (C=O) groups is 1. The van der Waals surface area contributed by atoms with Gasteiger partial charge in [-0.15, -0.1) is 0 Å². The van der Waals surface area contributed by atoms with Gasteiger partial charge in [0, 0.05) is 13.0 Å². The molecule has 0 aliphatic rings. The van der Waals surface area contributed by atoms with Crippen LogP contribution in [0.25, 0.3) is 0 Å². The van der Waals surface area contributed by atoms with Crippen LogP contribution in [0.15, 0.2) is 0 Å². The molecule has 282 valence electrons. The molecule has 1 unspecified atom stereocenters. The van der Waals surface area contributed by atoms with E-state index in [4.69, 9.17) is 14.8 Å². The Morgan fingerprint density at radius 2 is 0.979 bits per heavy atom.